The summed E-state index contributed by atoms with van der Waals surface area (Å²) in [6, 6.07) is 6.01. The van der Waals surface area contributed by atoms with Gasteiger partial charge in [-0.1, -0.05) is 12.1 Å². The highest BCUT2D eigenvalue weighted by atomic mass is 19.4. The molecule has 138 valence electrons. The molecule has 0 bridgehead atoms. The van der Waals surface area contributed by atoms with E-state index in [4.69, 9.17) is 4.74 Å². The fraction of sp³-hybridized carbons (Fsp3) is 0.353. The molecular weight excluding hydrogens is 349 g/mol. The van der Waals surface area contributed by atoms with E-state index in [0.29, 0.717) is 30.1 Å². The first-order valence-electron chi connectivity index (χ1n) is 8.10. The van der Waals surface area contributed by atoms with Crippen LogP contribution in [-0.2, 0) is 17.8 Å². The number of hydrogen-bond acceptors (Lipinski definition) is 5. The Hall–Kier alpha value is -2.68. The number of rotatable bonds is 4. The van der Waals surface area contributed by atoms with Crippen molar-refractivity contribution in [3.05, 3.63) is 41.7 Å². The number of ether oxygens (including phenoxy) is 1. The van der Waals surface area contributed by atoms with Crippen molar-refractivity contribution < 1.29 is 22.7 Å². The van der Waals surface area contributed by atoms with E-state index in [0.717, 1.165) is 5.56 Å². The summed E-state index contributed by atoms with van der Waals surface area (Å²) in [5.74, 6) is -2.24. The van der Waals surface area contributed by atoms with Crippen LogP contribution in [0.5, 0.6) is 5.75 Å². The third-order valence-corrected chi connectivity index (χ3v) is 3.85. The van der Waals surface area contributed by atoms with Crippen LogP contribution in [-0.4, -0.2) is 35.2 Å². The standard InChI is InChI=1S/C17H17F3N4O2/c1-2-26-14-6-4-3-5-13(14)24(15(25)17(18,19)20)16-22-10-11-9-21-8-7-12(11)23-16/h3-6,10,21H,2,7-9H2,1H3. The van der Waals surface area contributed by atoms with Gasteiger partial charge in [0.1, 0.15) is 5.75 Å². The molecule has 0 atom stereocenters. The number of alkyl halides is 3. The van der Waals surface area contributed by atoms with Crippen molar-refractivity contribution in [1.29, 1.82) is 0 Å². The minimum Gasteiger partial charge on any atom is -0.492 e. The van der Waals surface area contributed by atoms with Gasteiger partial charge in [0, 0.05) is 31.3 Å². The molecule has 1 aliphatic rings. The number of hydrogen-bond donors (Lipinski definition) is 1. The van der Waals surface area contributed by atoms with Crippen LogP contribution in [0.3, 0.4) is 0 Å². The van der Waals surface area contributed by atoms with Crippen LogP contribution in [0.2, 0.25) is 0 Å². The first kappa shape index (κ1) is 18.1. The summed E-state index contributed by atoms with van der Waals surface area (Å²) in [4.78, 5) is 20.8. The molecule has 2 heterocycles. The number of halogens is 3. The van der Waals surface area contributed by atoms with Crippen LogP contribution in [0, 0.1) is 0 Å². The van der Waals surface area contributed by atoms with Gasteiger partial charge >= 0.3 is 12.1 Å². The number of nitrogens with one attached hydrogen (secondary N) is 1. The smallest absolute Gasteiger partial charge is 0.472 e. The van der Waals surface area contributed by atoms with Gasteiger partial charge in [0.2, 0.25) is 5.95 Å². The van der Waals surface area contributed by atoms with Gasteiger partial charge < -0.3 is 10.1 Å². The molecule has 0 spiro atoms. The number of anilines is 2. The lowest BCUT2D eigenvalue weighted by atomic mass is 10.1. The number of fused-ring (bicyclic) bond motifs is 1. The first-order valence-corrected chi connectivity index (χ1v) is 8.10. The van der Waals surface area contributed by atoms with Gasteiger partial charge in [-0.15, -0.1) is 0 Å². The molecule has 0 saturated heterocycles. The van der Waals surface area contributed by atoms with E-state index in [1.54, 1.807) is 13.0 Å². The number of para-hydroxylation sites is 2. The van der Waals surface area contributed by atoms with E-state index >= 15 is 0 Å². The highest BCUT2D eigenvalue weighted by molar-refractivity contribution is 6.03. The Morgan fingerprint density at radius 1 is 1.35 bits per heavy atom. The van der Waals surface area contributed by atoms with Crippen molar-refractivity contribution in [2.45, 2.75) is 26.1 Å². The van der Waals surface area contributed by atoms with Crippen molar-refractivity contribution in [3.63, 3.8) is 0 Å². The van der Waals surface area contributed by atoms with Crippen molar-refractivity contribution in [1.82, 2.24) is 15.3 Å². The minimum absolute atomic E-state index is 0.0504. The second-order valence-electron chi connectivity index (χ2n) is 5.61. The quantitative estimate of drug-likeness (QED) is 0.901. The average Bonchev–Trinajstić information content (AvgIpc) is 2.62. The molecular formula is C17H17F3N4O2. The van der Waals surface area contributed by atoms with Gasteiger partial charge in [-0.2, -0.15) is 13.2 Å². The molecule has 26 heavy (non-hydrogen) atoms. The number of benzene rings is 1. The molecule has 0 radical (unpaired) electrons. The van der Waals surface area contributed by atoms with Crippen molar-refractivity contribution >= 4 is 17.5 Å². The Labute approximate surface area is 148 Å². The molecule has 2 aromatic rings. The predicted octanol–water partition coefficient (Wildman–Crippen LogP) is 2.75. The second-order valence-corrected chi connectivity index (χ2v) is 5.61. The van der Waals surface area contributed by atoms with E-state index in [9.17, 15) is 18.0 Å². The lowest BCUT2D eigenvalue weighted by Gasteiger charge is -2.25. The molecule has 0 fully saturated rings. The fourth-order valence-electron chi connectivity index (χ4n) is 2.69. The van der Waals surface area contributed by atoms with E-state index in [-0.39, 0.29) is 24.0 Å². The first-order chi connectivity index (χ1) is 12.4. The Balaban J connectivity index is 2.12. The topological polar surface area (TPSA) is 67.3 Å². The largest absolute Gasteiger partial charge is 0.492 e. The molecule has 6 nitrogen and oxygen atoms in total. The third-order valence-electron chi connectivity index (χ3n) is 3.85. The Morgan fingerprint density at radius 2 is 2.12 bits per heavy atom. The van der Waals surface area contributed by atoms with Crippen LogP contribution < -0.4 is 15.0 Å². The summed E-state index contributed by atoms with van der Waals surface area (Å²) >= 11 is 0. The zero-order valence-electron chi connectivity index (χ0n) is 14.0. The normalized spacial score (nSPS) is 13.8. The Morgan fingerprint density at radius 3 is 2.85 bits per heavy atom. The monoisotopic (exact) mass is 366 g/mol. The number of carbonyl (C=O) groups is 1. The fourth-order valence-corrected chi connectivity index (χ4v) is 2.69. The number of carbonyl (C=O) groups excluding carboxylic acids is 1. The van der Waals surface area contributed by atoms with E-state index in [2.05, 4.69) is 15.3 Å². The molecule has 1 aromatic heterocycles. The minimum atomic E-state index is -5.08. The average molecular weight is 366 g/mol. The maximum atomic E-state index is 13.2. The highest BCUT2D eigenvalue weighted by Crippen LogP contribution is 2.35. The zero-order valence-corrected chi connectivity index (χ0v) is 14.0. The summed E-state index contributed by atoms with van der Waals surface area (Å²) in [7, 11) is 0. The van der Waals surface area contributed by atoms with Crippen LogP contribution in [0.1, 0.15) is 18.2 Å². The second kappa shape index (κ2) is 7.28. The molecule has 1 aromatic carbocycles. The predicted molar refractivity (Wildman–Crippen MR) is 88.3 cm³/mol. The van der Waals surface area contributed by atoms with E-state index in [1.807, 2.05) is 0 Å². The Bertz CT molecular complexity index is 811. The molecule has 1 amide bonds. The molecule has 0 aliphatic carbocycles. The molecule has 0 saturated carbocycles. The van der Waals surface area contributed by atoms with Gasteiger partial charge in [0.15, 0.2) is 0 Å². The number of nitrogens with zero attached hydrogens (tertiary/aromatic N) is 3. The third kappa shape index (κ3) is 3.62. The highest BCUT2D eigenvalue weighted by Gasteiger charge is 2.45. The lowest BCUT2D eigenvalue weighted by Crippen LogP contribution is -2.39. The SMILES string of the molecule is CCOc1ccccc1N(C(=O)C(F)(F)F)c1ncc2c(n1)CCNC2. The maximum Gasteiger partial charge on any atom is 0.472 e. The van der Waals surface area contributed by atoms with Crippen molar-refractivity contribution in [3.8, 4) is 5.75 Å². The van der Waals surface area contributed by atoms with Crippen molar-refractivity contribution in [2.75, 3.05) is 18.1 Å². The van der Waals surface area contributed by atoms with E-state index in [1.165, 1.54) is 24.4 Å². The number of aromatic nitrogens is 2. The summed E-state index contributed by atoms with van der Waals surface area (Å²) in [5, 5.41) is 3.13. The summed E-state index contributed by atoms with van der Waals surface area (Å²) in [5.41, 5.74) is 1.38. The molecule has 0 unspecified atom stereocenters. The molecule has 1 N–H and O–H groups in total. The van der Waals surface area contributed by atoms with E-state index < -0.39 is 12.1 Å². The van der Waals surface area contributed by atoms with Gasteiger partial charge in [0.25, 0.3) is 0 Å². The zero-order chi connectivity index (χ0) is 18.7. The lowest BCUT2D eigenvalue weighted by molar-refractivity contribution is -0.169. The van der Waals surface area contributed by atoms with Crippen LogP contribution in [0.25, 0.3) is 0 Å². The van der Waals surface area contributed by atoms with Crippen LogP contribution >= 0.6 is 0 Å². The maximum absolute atomic E-state index is 13.2. The van der Waals surface area contributed by atoms with Crippen molar-refractivity contribution in [2.24, 2.45) is 0 Å². The summed E-state index contributed by atoms with van der Waals surface area (Å²) in [6.45, 7) is 3.14. The molecule has 1 aliphatic heterocycles. The Kier molecular flexibility index (Phi) is 5.08. The summed E-state index contributed by atoms with van der Waals surface area (Å²) < 4.78 is 45.1. The van der Waals surface area contributed by atoms with Crippen LogP contribution in [0.4, 0.5) is 24.8 Å². The van der Waals surface area contributed by atoms with Gasteiger partial charge in [-0.05, 0) is 19.1 Å². The molecule has 9 heteroatoms. The van der Waals surface area contributed by atoms with Gasteiger partial charge in [-0.25, -0.2) is 14.9 Å². The molecule has 3 rings (SSSR count). The van der Waals surface area contributed by atoms with Crippen LogP contribution in [0.15, 0.2) is 30.5 Å². The van der Waals surface area contributed by atoms with Gasteiger partial charge in [-0.3, -0.25) is 4.79 Å². The van der Waals surface area contributed by atoms with Gasteiger partial charge in [0.05, 0.1) is 18.0 Å². The summed E-state index contributed by atoms with van der Waals surface area (Å²) in [6.07, 6.45) is -3.09. The number of amides is 1.